The number of benzene rings is 2. The van der Waals surface area contributed by atoms with Crippen LogP contribution in [0.15, 0.2) is 42.5 Å². The SMILES string of the molecule is CCc1ccc(N(C(C)C(=O)Nc2ccc(OC)c(Cl)c2)S(C)(=O)=O)cc1. The maximum absolute atomic E-state index is 12.7. The zero-order valence-corrected chi connectivity index (χ0v) is 17.3. The minimum Gasteiger partial charge on any atom is -0.495 e. The summed E-state index contributed by atoms with van der Waals surface area (Å²) in [6, 6.07) is 11.0. The Labute approximate surface area is 165 Å². The third-order valence-electron chi connectivity index (χ3n) is 4.11. The number of anilines is 2. The van der Waals surface area contributed by atoms with E-state index in [0.29, 0.717) is 22.1 Å². The highest BCUT2D eigenvalue weighted by molar-refractivity contribution is 7.92. The average Bonchev–Trinajstić information content (AvgIpc) is 2.61. The van der Waals surface area contributed by atoms with Crippen LogP contribution in [0.3, 0.4) is 0 Å². The van der Waals surface area contributed by atoms with Gasteiger partial charge >= 0.3 is 0 Å². The van der Waals surface area contributed by atoms with Crippen molar-refractivity contribution in [1.82, 2.24) is 0 Å². The van der Waals surface area contributed by atoms with Gasteiger partial charge in [-0.15, -0.1) is 0 Å². The summed E-state index contributed by atoms with van der Waals surface area (Å²) >= 11 is 6.07. The molecule has 0 spiro atoms. The first-order chi connectivity index (χ1) is 12.7. The quantitative estimate of drug-likeness (QED) is 0.755. The number of hydrogen-bond acceptors (Lipinski definition) is 4. The molecule has 27 heavy (non-hydrogen) atoms. The molecule has 0 aromatic heterocycles. The van der Waals surface area contributed by atoms with Crippen LogP contribution in [0.4, 0.5) is 11.4 Å². The highest BCUT2D eigenvalue weighted by Crippen LogP contribution is 2.28. The van der Waals surface area contributed by atoms with Crippen LogP contribution in [0, 0.1) is 0 Å². The fourth-order valence-corrected chi connectivity index (χ4v) is 4.11. The van der Waals surface area contributed by atoms with Gasteiger partial charge in [0.2, 0.25) is 15.9 Å². The Morgan fingerprint density at radius 1 is 1.22 bits per heavy atom. The monoisotopic (exact) mass is 410 g/mol. The van der Waals surface area contributed by atoms with Crippen molar-refractivity contribution in [3.8, 4) is 5.75 Å². The summed E-state index contributed by atoms with van der Waals surface area (Å²) in [6.45, 7) is 3.55. The predicted octanol–water partition coefficient (Wildman–Crippen LogP) is 3.70. The Balaban J connectivity index is 2.27. The predicted molar refractivity (Wildman–Crippen MR) is 109 cm³/mol. The molecule has 0 saturated carbocycles. The lowest BCUT2D eigenvalue weighted by Gasteiger charge is -2.28. The summed E-state index contributed by atoms with van der Waals surface area (Å²) in [4.78, 5) is 12.7. The van der Waals surface area contributed by atoms with Crippen LogP contribution in [-0.4, -0.2) is 33.7 Å². The van der Waals surface area contributed by atoms with Gasteiger partial charge in [0.1, 0.15) is 11.8 Å². The molecule has 6 nitrogen and oxygen atoms in total. The fourth-order valence-electron chi connectivity index (χ4n) is 2.68. The van der Waals surface area contributed by atoms with Gasteiger partial charge in [0, 0.05) is 5.69 Å². The number of rotatable bonds is 7. The molecule has 0 aliphatic heterocycles. The molecular formula is C19H23ClN2O4S. The lowest BCUT2D eigenvalue weighted by atomic mass is 10.1. The molecule has 8 heteroatoms. The summed E-state index contributed by atoms with van der Waals surface area (Å²) in [5.41, 5.74) is 1.97. The van der Waals surface area contributed by atoms with E-state index in [2.05, 4.69) is 5.32 Å². The van der Waals surface area contributed by atoms with Gasteiger partial charge in [0.25, 0.3) is 0 Å². The molecule has 0 radical (unpaired) electrons. The van der Waals surface area contributed by atoms with Gasteiger partial charge < -0.3 is 10.1 Å². The number of halogens is 1. The molecule has 1 N–H and O–H groups in total. The Hall–Kier alpha value is -2.25. The summed E-state index contributed by atoms with van der Waals surface area (Å²) in [5, 5.41) is 3.04. The molecule has 1 atom stereocenters. The minimum absolute atomic E-state index is 0.345. The van der Waals surface area contributed by atoms with E-state index in [1.165, 1.54) is 14.0 Å². The molecule has 0 heterocycles. The standard InChI is InChI=1S/C19H23ClN2O4S/c1-5-14-6-9-16(10-7-14)22(27(4,24)25)13(2)19(23)21-15-8-11-18(26-3)17(20)12-15/h6-13H,5H2,1-4H3,(H,21,23). The van der Waals surface area contributed by atoms with Crippen LogP contribution in [0.2, 0.25) is 5.02 Å². The molecule has 1 amide bonds. The van der Waals surface area contributed by atoms with Crippen LogP contribution in [0.1, 0.15) is 19.4 Å². The maximum atomic E-state index is 12.7. The first-order valence-electron chi connectivity index (χ1n) is 8.40. The van der Waals surface area contributed by atoms with E-state index in [1.807, 2.05) is 19.1 Å². The molecule has 0 saturated heterocycles. The fraction of sp³-hybridized carbons (Fsp3) is 0.316. The highest BCUT2D eigenvalue weighted by atomic mass is 35.5. The van der Waals surface area contributed by atoms with E-state index in [-0.39, 0.29) is 0 Å². The van der Waals surface area contributed by atoms with E-state index >= 15 is 0 Å². The molecule has 2 aromatic carbocycles. The lowest BCUT2D eigenvalue weighted by molar-refractivity contribution is -0.116. The summed E-state index contributed by atoms with van der Waals surface area (Å²) in [5.74, 6) is 0.0118. The number of amides is 1. The van der Waals surface area contributed by atoms with Crippen molar-refractivity contribution in [1.29, 1.82) is 0 Å². The Morgan fingerprint density at radius 3 is 2.33 bits per heavy atom. The smallest absolute Gasteiger partial charge is 0.247 e. The number of ether oxygens (including phenoxy) is 1. The van der Waals surface area contributed by atoms with Gasteiger partial charge in [-0.2, -0.15) is 0 Å². The van der Waals surface area contributed by atoms with Gasteiger partial charge in [0.15, 0.2) is 0 Å². The van der Waals surface area contributed by atoms with Crippen molar-refractivity contribution in [2.45, 2.75) is 26.3 Å². The zero-order chi connectivity index (χ0) is 20.2. The van der Waals surface area contributed by atoms with Gasteiger partial charge in [-0.1, -0.05) is 30.7 Å². The van der Waals surface area contributed by atoms with E-state index in [0.717, 1.165) is 22.5 Å². The number of carbonyl (C=O) groups is 1. The van der Waals surface area contributed by atoms with E-state index in [1.54, 1.807) is 30.3 Å². The van der Waals surface area contributed by atoms with Crippen molar-refractivity contribution in [2.24, 2.45) is 0 Å². The second kappa shape index (κ2) is 8.63. The normalized spacial score (nSPS) is 12.3. The topological polar surface area (TPSA) is 75.7 Å². The van der Waals surface area contributed by atoms with Gasteiger partial charge in [-0.3, -0.25) is 9.10 Å². The van der Waals surface area contributed by atoms with Crippen molar-refractivity contribution in [3.63, 3.8) is 0 Å². The van der Waals surface area contributed by atoms with Gasteiger partial charge in [-0.25, -0.2) is 8.42 Å². The van der Waals surface area contributed by atoms with Crippen molar-refractivity contribution in [3.05, 3.63) is 53.1 Å². The molecule has 0 aliphatic carbocycles. The summed E-state index contributed by atoms with van der Waals surface area (Å²) in [7, 11) is -2.17. The number of nitrogens with one attached hydrogen (secondary N) is 1. The molecule has 0 bridgehead atoms. The molecule has 0 aliphatic rings. The van der Waals surface area contributed by atoms with Crippen LogP contribution in [-0.2, 0) is 21.2 Å². The number of carbonyl (C=O) groups excluding carboxylic acids is 1. The first-order valence-corrected chi connectivity index (χ1v) is 10.6. The Bertz CT molecular complexity index is 914. The minimum atomic E-state index is -3.67. The number of methoxy groups -OCH3 is 1. The van der Waals surface area contributed by atoms with E-state index < -0.39 is 22.0 Å². The van der Waals surface area contributed by atoms with Crippen LogP contribution in [0.25, 0.3) is 0 Å². The largest absolute Gasteiger partial charge is 0.495 e. The number of sulfonamides is 1. The van der Waals surface area contributed by atoms with Crippen LogP contribution >= 0.6 is 11.6 Å². The molecule has 2 rings (SSSR count). The number of hydrogen-bond donors (Lipinski definition) is 1. The highest BCUT2D eigenvalue weighted by Gasteiger charge is 2.29. The number of aryl methyl sites for hydroxylation is 1. The Kier molecular flexibility index (Phi) is 6.73. The second-order valence-corrected chi connectivity index (χ2v) is 8.36. The molecule has 0 fully saturated rings. The molecular weight excluding hydrogens is 388 g/mol. The van der Waals surface area contributed by atoms with Crippen molar-refractivity contribution in [2.75, 3.05) is 23.0 Å². The van der Waals surface area contributed by atoms with Gasteiger partial charge in [0.05, 0.1) is 24.1 Å². The Morgan fingerprint density at radius 2 is 1.85 bits per heavy atom. The third kappa shape index (κ3) is 5.14. The summed E-state index contributed by atoms with van der Waals surface area (Å²) < 4.78 is 30.8. The van der Waals surface area contributed by atoms with Crippen LogP contribution < -0.4 is 14.4 Å². The van der Waals surface area contributed by atoms with Crippen molar-refractivity contribution < 1.29 is 17.9 Å². The average molecular weight is 411 g/mol. The molecule has 146 valence electrons. The number of nitrogens with zero attached hydrogens (tertiary/aromatic N) is 1. The first kappa shape index (κ1) is 21.1. The third-order valence-corrected chi connectivity index (χ3v) is 5.64. The van der Waals surface area contributed by atoms with Crippen LogP contribution in [0.5, 0.6) is 5.75 Å². The maximum Gasteiger partial charge on any atom is 0.247 e. The van der Waals surface area contributed by atoms with Gasteiger partial charge in [-0.05, 0) is 49.2 Å². The lowest BCUT2D eigenvalue weighted by Crippen LogP contribution is -2.45. The van der Waals surface area contributed by atoms with E-state index in [9.17, 15) is 13.2 Å². The van der Waals surface area contributed by atoms with E-state index in [4.69, 9.17) is 16.3 Å². The molecule has 1 unspecified atom stereocenters. The second-order valence-electron chi connectivity index (χ2n) is 6.09. The van der Waals surface area contributed by atoms with Crippen molar-refractivity contribution >= 4 is 38.9 Å². The molecule has 2 aromatic rings. The zero-order valence-electron chi connectivity index (χ0n) is 15.7. The summed E-state index contributed by atoms with van der Waals surface area (Å²) in [6.07, 6.45) is 1.92.